The Bertz CT molecular complexity index is 4020. The van der Waals surface area contributed by atoms with Gasteiger partial charge in [-0.05, 0) is 182 Å². The van der Waals surface area contributed by atoms with Crippen molar-refractivity contribution < 1.29 is 0 Å². The SMILES string of the molecule is CC(C)(C)c1ccc(N2c3ccc(-c4cc(-c5cccc6ccccc56)c5ccc6c(-c7cccc8ccccc78)cc(-c7cccc8ccccc78)c7ccc4c5c76)cc3C3(C)CCCCC23C)cc1. The van der Waals surface area contributed by atoms with Gasteiger partial charge in [-0.3, -0.25) is 0 Å². The highest BCUT2D eigenvalue weighted by Gasteiger charge is 2.57. The third kappa shape index (κ3) is 6.12. The van der Waals surface area contributed by atoms with Crippen molar-refractivity contribution in [3.8, 4) is 44.5 Å². The van der Waals surface area contributed by atoms with Crippen LogP contribution in [-0.2, 0) is 10.8 Å². The maximum atomic E-state index is 2.73. The van der Waals surface area contributed by atoms with Crippen LogP contribution in [0.5, 0.6) is 0 Å². The van der Waals surface area contributed by atoms with Gasteiger partial charge in [0.1, 0.15) is 0 Å². The molecule has 342 valence electrons. The van der Waals surface area contributed by atoms with Crippen LogP contribution in [0.4, 0.5) is 11.4 Å². The highest BCUT2D eigenvalue weighted by molar-refractivity contribution is 6.33. The quantitative estimate of drug-likeness (QED) is 0.156. The Morgan fingerprint density at radius 2 is 0.817 bits per heavy atom. The van der Waals surface area contributed by atoms with Crippen LogP contribution in [0.1, 0.15) is 71.4 Å². The van der Waals surface area contributed by atoms with Crippen LogP contribution in [0.3, 0.4) is 0 Å². The summed E-state index contributed by atoms with van der Waals surface area (Å²) in [6, 6.07) is 79.1. The van der Waals surface area contributed by atoms with Crippen LogP contribution in [0.15, 0.2) is 206 Å². The molecule has 1 aliphatic heterocycles. The Morgan fingerprint density at radius 1 is 0.380 bits per heavy atom. The third-order valence-corrected chi connectivity index (χ3v) is 17.5. The van der Waals surface area contributed by atoms with Gasteiger partial charge in [-0.15, -0.1) is 0 Å². The number of nitrogens with zero attached hydrogens (tertiary/aromatic N) is 1. The molecule has 1 fully saturated rings. The average Bonchev–Trinajstić information content (AvgIpc) is 3.61. The number of benzene rings is 12. The van der Waals surface area contributed by atoms with E-state index in [1.807, 2.05) is 0 Å². The first kappa shape index (κ1) is 42.2. The molecule has 0 amide bonds. The Hall–Kier alpha value is -7.74. The Balaban J connectivity index is 1.09. The molecule has 1 heterocycles. The van der Waals surface area contributed by atoms with E-state index in [2.05, 4.69) is 246 Å². The van der Waals surface area contributed by atoms with Gasteiger partial charge in [-0.2, -0.15) is 0 Å². The smallest absolute Gasteiger partial charge is 0.0517 e. The summed E-state index contributed by atoms with van der Waals surface area (Å²) < 4.78 is 0. The second-order valence-corrected chi connectivity index (χ2v) is 22.3. The second-order valence-electron chi connectivity index (χ2n) is 22.3. The minimum atomic E-state index is -0.0533. The van der Waals surface area contributed by atoms with Gasteiger partial charge in [-0.25, -0.2) is 0 Å². The van der Waals surface area contributed by atoms with E-state index in [0.29, 0.717) is 0 Å². The van der Waals surface area contributed by atoms with Crippen LogP contribution in [0.2, 0.25) is 0 Å². The lowest BCUT2D eigenvalue weighted by atomic mass is 9.61. The normalized spacial score (nSPS) is 18.1. The second kappa shape index (κ2) is 15.4. The van der Waals surface area contributed by atoms with Crippen LogP contribution in [0, 0.1) is 0 Å². The topological polar surface area (TPSA) is 3.24 Å². The molecule has 1 saturated carbocycles. The van der Waals surface area contributed by atoms with Gasteiger partial charge in [0.25, 0.3) is 0 Å². The third-order valence-electron chi connectivity index (χ3n) is 17.5. The fraction of sp³-hybridized carbons (Fsp3) is 0.171. The molecule has 2 atom stereocenters. The molecule has 0 N–H and O–H groups in total. The van der Waals surface area contributed by atoms with Gasteiger partial charge in [-0.1, -0.05) is 210 Å². The van der Waals surface area contributed by atoms with E-state index >= 15 is 0 Å². The number of anilines is 2. The summed E-state index contributed by atoms with van der Waals surface area (Å²) in [6.45, 7) is 12.1. The molecule has 1 nitrogen and oxygen atoms in total. The Kier molecular flexibility index (Phi) is 9.13. The maximum Gasteiger partial charge on any atom is 0.0517 e. The number of hydrogen-bond donors (Lipinski definition) is 0. The average molecular weight is 912 g/mol. The minimum Gasteiger partial charge on any atom is -0.334 e. The maximum absolute atomic E-state index is 2.73. The van der Waals surface area contributed by atoms with Crippen molar-refractivity contribution in [2.75, 3.05) is 4.90 Å². The van der Waals surface area contributed by atoms with Crippen LogP contribution >= 0.6 is 0 Å². The lowest BCUT2D eigenvalue weighted by molar-refractivity contribution is 0.195. The molecule has 0 saturated heterocycles. The first-order valence-electron chi connectivity index (χ1n) is 25.9. The van der Waals surface area contributed by atoms with E-state index in [4.69, 9.17) is 0 Å². The fourth-order valence-corrected chi connectivity index (χ4v) is 13.7. The minimum absolute atomic E-state index is 0.0255. The molecule has 0 spiro atoms. The molecule has 14 rings (SSSR count). The fourth-order valence-electron chi connectivity index (χ4n) is 13.7. The monoisotopic (exact) mass is 911 g/mol. The zero-order valence-corrected chi connectivity index (χ0v) is 41.4. The van der Waals surface area contributed by atoms with E-state index in [1.165, 1.54) is 151 Å². The highest BCUT2D eigenvalue weighted by Crippen LogP contribution is 2.62. The van der Waals surface area contributed by atoms with Crippen LogP contribution < -0.4 is 4.90 Å². The lowest BCUT2D eigenvalue weighted by Gasteiger charge is -2.50. The molecule has 71 heavy (non-hydrogen) atoms. The molecule has 12 aromatic carbocycles. The summed E-state index contributed by atoms with van der Waals surface area (Å²) in [5.41, 5.74) is 15.7. The molecule has 2 aliphatic rings. The molecule has 1 heteroatoms. The predicted octanol–water partition coefficient (Wildman–Crippen LogP) is 19.8. The zero-order valence-electron chi connectivity index (χ0n) is 41.4. The summed E-state index contributed by atoms with van der Waals surface area (Å²) in [5.74, 6) is 0. The van der Waals surface area contributed by atoms with E-state index in [9.17, 15) is 0 Å². The van der Waals surface area contributed by atoms with Crippen molar-refractivity contribution in [1.29, 1.82) is 0 Å². The van der Waals surface area contributed by atoms with Crippen molar-refractivity contribution in [2.24, 2.45) is 0 Å². The predicted molar refractivity (Wildman–Crippen MR) is 306 cm³/mol. The molecule has 1 aliphatic carbocycles. The molecule has 2 unspecified atom stereocenters. The van der Waals surface area contributed by atoms with Crippen molar-refractivity contribution in [1.82, 2.24) is 0 Å². The summed E-state index contributed by atoms with van der Waals surface area (Å²) >= 11 is 0. The molecule has 0 bridgehead atoms. The molecular weight excluding hydrogens is 855 g/mol. The van der Waals surface area contributed by atoms with Gasteiger partial charge in [0.2, 0.25) is 0 Å². The largest absolute Gasteiger partial charge is 0.334 e. The summed E-state index contributed by atoms with van der Waals surface area (Å²) in [5, 5.41) is 15.4. The van der Waals surface area contributed by atoms with Crippen molar-refractivity contribution in [2.45, 2.75) is 76.7 Å². The molecular formula is C70H57N. The van der Waals surface area contributed by atoms with Crippen molar-refractivity contribution >= 4 is 76.0 Å². The van der Waals surface area contributed by atoms with Gasteiger partial charge in [0, 0.05) is 16.8 Å². The number of hydrogen-bond acceptors (Lipinski definition) is 1. The van der Waals surface area contributed by atoms with Gasteiger partial charge >= 0.3 is 0 Å². The molecule has 0 aromatic heterocycles. The Labute approximate surface area is 417 Å². The summed E-state index contributed by atoms with van der Waals surface area (Å²) in [6.07, 6.45) is 4.82. The van der Waals surface area contributed by atoms with Crippen LogP contribution in [-0.4, -0.2) is 5.54 Å². The van der Waals surface area contributed by atoms with E-state index in [1.54, 1.807) is 0 Å². The van der Waals surface area contributed by atoms with E-state index < -0.39 is 0 Å². The van der Waals surface area contributed by atoms with Crippen molar-refractivity contribution in [3.05, 3.63) is 217 Å². The van der Waals surface area contributed by atoms with Gasteiger partial charge < -0.3 is 4.90 Å². The first-order chi connectivity index (χ1) is 34.6. The zero-order chi connectivity index (χ0) is 47.8. The van der Waals surface area contributed by atoms with Gasteiger partial charge in [0.15, 0.2) is 0 Å². The van der Waals surface area contributed by atoms with Crippen LogP contribution in [0.25, 0.3) is 109 Å². The lowest BCUT2D eigenvalue weighted by Crippen LogP contribution is -2.54. The van der Waals surface area contributed by atoms with E-state index in [0.717, 1.165) is 6.42 Å². The standard InChI is InChI=1S/C70H57N/c1-68(2,3)48-30-32-49(33-31-48)71-65-38-29-47(41-64(65)69(4)39-12-13-40-70(69,71)5)60-42-61(53-26-14-20-44-17-6-9-23-50(44)53)57-36-37-59-63(55-28-16-22-46-19-8-11-25-52(46)55)43-62(58-35-34-56(60)66(57)67(58)59)54-27-15-21-45-18-7-10-24-51(45)54/h6-11,14-38,41-43H,12-13,39-40H2,1-5H3. The first-order valence-corrected chi connectivity index (χ1v) is 25.9. The van der Waals surface area contributed by atoms with E-state index in [-0.39, 0.29) is 16.4 Å². The Morgan fingerprint density at radius 3 is 1.31 bits per heavy atom. The molecule has 12 aromatic rings. The number of rotatable bonds is 5. The summed E-state index contributed by atoms with van der Waals surface area (Å²) in [7, 11) is 0. The van der Waals surface area contributed by atoms with Gasteiger partial charge in [0.05, 0.1) is 5.54 Å². The number of fused-ring (bicyclic) bond motifs is 6. The summed E-state index contributed by atoms with van der Waals surface area (Å²) in [4.78, 5) is 2.73. The highest BCUT2D eigenvalue weighted by atomic mass is 15.3. The van der Waals surface area contributed by atoms with Crippen molar-refractivity contribution in [3.63, 3.8) is 0 Å². The molecule has 0 radical (unpaired) electrons.